The first-order valence-electron chi connectivity index (χ1n) is 8.72. The Bertz CT molecular complexity index is 1160. The summed E-state index contributed by atoms with van der Waals surface area (Å²) in [6.45, 7) is 6.04. The molecule has 0 aliphatic carbocycles. The van der Waals surface area contributed by atoms with Crippen LogP contribution in [0.2, 0.25) is 0 Å². The van der Waals surface area contributed by atoms with Crippen LogP contribution >= 0.6 is 11.3 Å². The number of thiazole rings is 1. The number of nitrogens with zero attached hydrogens (tertiary/aromatic N) is 2. The lowest BCUT2D eigenvalue weighted by molar-refractivity contribution is 0.102. The summed E-state index contributed by atoms with van der Waals surface area (Å²) in [5.74, 6) is -0.172. The van der Waals surface area contributed by atoms with Gasteiger partial charge in [0.25, 0.3) is 5.91 Å². The van der Waals surface area contributed by atoms with Crippen molar-refractivity contribution in [1.82, 2.24) is 9.97 Å². The molecule has 0 radical (unpaired) electrons. The summed E-state index contributed by atoms with van der Waals surface area (Å²) in [6, 6.07) is 15.9. The number of fused-ring (bicyclic) bond motifs is 1. The van der Waals surface area contributed by atoms with Crippen LogP contribution in [0.1, 0.15) is 27.2 Å². The number of carbonyl (C=O) groups excluding carboxylic acids is 1. The van der Waals surface area contributed by atoms with Crippen molar-refractivity contribution in [3.05, 3.63) is 76.3 Å². The van der Waals surface area contributed by atoms with Crippen molar-refractivity contribution in [2.45, 2.75) is 20.8 Å². The fraction of sp³-hybridized carbons (Fsp3) is 0.136. The van der Waals surface area contributed by atoms with E-state index in [0.29, 0.717) is 10.7 Å². The number of pyridine rings is 1. The number of benzene rings is 2. The summed E-state index contributed by atoms with van der Waals surface area (Å²) < 4.78 is 0. The normalized spacial score (nSPS) is 10.9. The zero-order valence-electron chi connectivity index (χ0n) is 15.4. The number of amides is 1. The largest absolute Gasteiger partial charge is 0.298 e. The predicted molar refractivity (Wildman–Crippen MR) is 111 cm³/mol. The van der Waals surface area contributed by atoms with Gasteiger partial charge in [-0.05, 0) is 38.5 Å². The Morgan fingerprint density at radius 2 is 1.81 bits per heavy atom. The van der Waals surface area contributed by atoms with Gasteiger partial charge in [-0.25, -0.2) is 9.97 Å². The van der Waals surface area contributed by atoms with Crippen LogP contribution in [0.4, 0.5) is 5.13 Å². The first-order valence-corrected chi connectivity index (χ1v) is 9.60. The minimum atomic E-state index is -0.172. The molecule has 2 aromatic carbocycles. The van der Waals surface area contributed by atoms with Crippen LogP contribution in [0, 0.1) is 20.8 Å². The van der Waals surface area contributed by atoms with Gasteiger partial charge in [-0.3, -0.25) is 10.1 Å². The fourth-order valence-electron chi connectivity index (χ4n) is 3.18. The highest BCUT2D eigenvalue weighted by atomic mass is 32.1. The van der Waals surface area contributed by atoms with Crippen molar-refractivity contribution >= 4 is 33.3 Å². The molecule has 27 heavy (non-hydrogen) atoms. The van der Waals surface area contributed by atoms with Crippen LogP contribution in [0.3, 0.4) is 0 Å². The molecule has 0 saturated carbocycles. The Kier molecular flexibility index (Phi) is 4.46. The summed E-state index contributed by atoms with van der Waals surface area (Å²) in [4.78, 5) is 22.1. The molecule has 4 nitrogen and oxygen atoms in total. The second-order valence-electron chi connectivity index (χ2n) is 6.64. The fourth-order valence-corrected chi connectivity index (χ4v) is 3.86. The summed E-state index contributed by atoms with van der Waals surface area (Å²) in [5, 5.41) is 6.27. The van der Waals surface area contributed by atoms with Gasteiger partial charge in [0.15, 0.2) is 5.13 Å². The van der Waals surface area contributed by atoms with Gasteiger partial charge >= 0.3 is 0 Å². The standard InChI is InChI=1S/C22H19N3OS/c1-13-8-9-16(14(2)10-13)20-11-18(17-6-4-5-7-19(17)24-20)21(26)25-22-23-15(3)12-27-22/h4-12H,1-3H3,(H,23,25,26). The van der Waals surface area contributed by atoms with Crippen molar-refractivity contribution < 1.29 is 4.79 Å². The van der Waals surface area contributed by atoms with E-state index < -0.39 is 0 Å². The molecule has 1 N–H and O–H groups in total. The molecule has 134 valence electrons. The van der Waals surface area contributed by atoms with Gasteiger partial charge in [-0.15, -0.1) is 11.3 Å². The van der Waals surface area contributed by atoms with E-state index in [1.54, 1.807) is 0 Å². The van der Waals surface area contributed by atoms with Gasteiger partial charge in [-0.2, -0.15) is 0 Å². The molecule has 0 unspecified atom stereocenters. The molecule has 5 heteroatoms. The Morgan fingerprint density at radius 3 is 2.56 bits per heavy atom. The number of nitrogens with one attached hydrogen (secondary N) is 1. The van der Waals surface area contributed by atoms with Crippen LogP contribution in [0.15, 0.2) is 53.9 Å². The zero-order chi connectivity index (χ0) is 19.0. The van der Waals surface area contributed by atoms with Gasteiger partial charge in [-0.1, -0.05) is 42.0 Å². The number of aromatic nitrogens is 2. The third kappa shape index (κ3) is 3.46. The molecule has 1 amide bonds. The Morgan fingerprint density at radius 1 is 1.00 bits per heavy atom. The van der Waals surface area contributed by atoms with E-state index in [0.717, 1.165) is 33.4 Å². The number of para-hydroxylation sites is 1. The third-order valence-electron chi connectivity index (χ3n) is 4.46. The molecular weight excluding hydrogens is 354 g/mol. The molecule has 4 rings (SSSR count). The first-order chi connectivity index (χ1) is 13.0. The average Bonchev–Trinajstić information content (AvgIpc) is 3.05. The highest BCUT2D eigenvalue weighted by Gasteiger charge is 2.16. The first kappa shape index (κ1) is 17.4. The highest BCUT2D eigenvalue weighted by Crippen LogP contribution is 2.28. The minimum absolute atomic E-state index is 0.172. The van der Waals surface area contributed by atoms with Gasteiger partial charge in [0, 0.05) is 16.3 Å². The van der Waals surface area contributed by atoms with E-state index in [-0.39, 0.29) is 5.91 Å². The lowest BCUT2D eigenvalue weighted by Gasteiger charge is -2.11. The molecule has 0 atom stereocenters. The summed E-state index contributed by atoms with van der Waals surface area (Å²) in [6.07, 6.45) is 0. The second-order valence-corrected chi connectivity index (χ2v) is 7.50. The van der Waals surface area contributed by atoms with Gasteiger partial charge in [0.1, 0.15) is 0 Å². The van der Waals surface area contributed by atoms with Gasteiger partial charge in [0.2, 0.25) is 0 Å². The number of rotatable bonds is 3. The third-order valence-corrected chi connectivity index (χ3v) is 5.33. The Hall–Kier alpha value is -3.05. The molecule has 0 bridgehead atoms. The van der Waals surface area contributed by atoms with Crippen LogP contribution in [-0.4, -0.2) is 15.9 Å². The van der Waals surface area contributed by atoms with Crippen molar-refractivity contribution in [2.24, 2.45) is 0 Å². The average molecular weight is 373 g/mol. The smallest absolute Gasteiger partial charge is 0.258 e. The minimum Gasteiger partial charge on any atom is -0.298 e. The molecular formula is C22H19N3OS. The molecule has 0 aliphatic rings. The van der Waals surface area contributed by atoms with E-state index in [2.05, 4.69) is 42.3 Å². The molecule has 2 aromatic heterocycles. The van der Waals surface area contributed by atoms with Crippen LogP contribution in [-0.2, 0) is 0 Å². The Labute approximate surface area is 161 Å². The van der Waals surface area contributed by atoms with E-state index >= 15 is 0 Å². The summed E-state index contributed by atoms with van der Waals surface area (Å²) in [5.41, 5.74) is 6.47. The lowest BCUT2D eigenvalue weighted by atomic mass is 9.99. The number of aryl methyl sites for hydroxylation is 3. The Balaban J connectivity index is 1.84. The number of hydrogen-bond acceptors (Lipinski definition) is 4. The second kappa shape index (κ2) is 6.93. The predicted octanol–water partition coefficient (Wildman–Crippen LogP) is 5.54. The van der Waals surface area contributed by atoms with E-state index in [1.807, 2.05) is 42.6 Å². The number of anilines is 1. The van der Waals surface area contributed by atoms with Gasteiger partial charge in [0.05, 0.1) is 22.5 Å². The monoisotopic (exact) mass is 373 g/mol. The summed E-state index contributed by atoms with van der Waals surface area (Å²) >= 11 is 1.42. The molecule has 0 fully saturated rings. The molecule has 4 aromatic rings. The maximum absolute atomic E-state index is 13.0. The van der Waals surface area contributed by atoms with E-state index in [1.165, 1.54) is 16.9 Å². The lowest BCUT2D eigenvalue weighted by Crippen LogP contribution is -2.13. The van der Waals surface area contributed by atoms with E-state index in [9.17, 15) is 4.79 Å². The van der Waals surface area contributed by atoms with Crippen LogP contribution < -0.4 is 5.32 Å². The number of hydrogen-bond donors (Lipinski definition) is 1. The van der Waals surface area contributed by atoms with Crippen molar-refractivity contribution in [1.29, 1.82) is 0 Å². The van der Waals surface area contributed by atoms with Crippen molar-refractivity contribution in [2.75, 3.05) is 5.32 Å². The number of carbonyl (C=O) groups is 1. The van der Waals surface area contributed by atoms with Crippen molar-refractivity contribution in [3.63, 3.8) is 0 Å². The highest BCUT2D eigenvalue weighted by molar-refractivity contribution is 7.13. The molecule has 2 heterocycles. The zero-order valence-corrected chi connectivity index (χ0v) is 16.2. The van der Waals surface area contributed by atoms with E-state index in [4.69, 9.17) is 4.98 Å². The van der Waals surface area contributed by atoms with Crippen molar-refractivity contribution in [3.8, 4) is 11.3 Å². The molecule has 0 spiro atoms. The summed E-state index contributed by atoms with van der Waals surface area (Å²) in [7, 11) is 0. The van der Waals surface area contributed by atoms with Gasteiger partial charge < -0.3 is 0 Å². The quantitative estimate of drug-likeness (QED) is 0.513. The topological polar surface area (TPSA) is 54.9 Å². The maximum Gasteiger partial charge on any atom is 0.258 e. The molecule has 0 saturated heterocycles. The molecule has 0 aliphatic heterocycles. The van der Waals surface area contributed by atoms with Crippen LogP contribution in [0.5, 0.6) is 0 Å². The maximum atomic E-state index is 13.0. The van der Waals surface area contributed by atoms with Crippen LogP contribution in [0.25, 0.3) is 22.2 Å². The SMILES string of the molecule is Cc1ccc(-c2cc(C(=O)Nc3nc(C)cs3)c3ccccc3n2)c(C)c1.